The number of carboxylic acids is 1. The lowest BCUT2D eigenvalue weighted by molar-refractivity contribution is -0.145. The summed E-state index contributed by atoms with van der Waals surface area (Å²) in [6, 6.07) is -0.920. The van der Waals surface area contributed by atoms with Gasteiger partial charge in [-0.05, 0) is 32.2 Å². The van der Waals surface area contributed by atoms with Crippen molar-refractivity contribution >= 4 is 17.9 Å². The van der Waals surface area contributed by atoms with E-state index in [1.807, 2.05) is 0 Å². The highest BCUT2D eigenvalue weighted by Crippen LogP contribution is 2.18. The van der Waals surface area contributed by atoms with Crippen LogP contribution in [-0.2, 0) is 9.59 Å². The molecule has 0 spiro atoms. The summed E-state index contributed by atoms with van der Waals surface area (Å²) in [5, 5.41) is 14.0. The topological polar surface area (TPSA) is 98.7 Å². The fourth-order valence-corrected chi connectivity index (χ4v) is 2.26. The number of likely N-dealkylation sites (tertiary alicyclic amines) is 1. The predicted octanol–water partition coefficient (Wildman–Crippen LogP) is -0.0863. The molecule has 0 aromatic carbocycles. The summed E-state index contributed by atoms with van der Waals surface area (Å²) >= 11 is 0. The maximum atomic E-state index is 11.7. The van der Waals surface area contributed by atoms with Gasteiger partial charge in [-0.3, -0.25) is 19.8 Å². The van der Waals surface area contributed by atoms with Crippen molar-refractivity contribution in [1.82, 2.24) is 15.5 Å². The van der Waals surface area contributed by atoms with E-state index in [1.54, 1.807) is 4.90 Å². The van der Waals surface area contributed by atoms with Gasteiger partial charge in [0.2, 0.25) is 5.91 Å². The lowest BCUT2D eigenvalue weighted by Gasteiger charge is -2.31. The summed E-state index contributed by atoms with van der Waals surface area (Å²) in [6.07, 6.45) is 4.20. The molecule has 7 heteroatoms. The van der Waals surface area contributed by atoms with Crippen LogP contribution < -0.4 is 10.6 Å². The molecule has 1 aliphatic heterocycles. The maximum absolute atomic E-state index is 11.7. The van der Waals surface area contributed by atoms with E-state index >= 15 is 0 Å². The molecular formula is C12H19N3O4. The van der Waals surface area contributed by atoms with Gasteiger partial charge in [-0.2, -0.15) is 0 Å². The number of carboxylic acid groups (broad SMARTS) is 1. The van der Waals surface area contributed by atoms with Gasteiger partial charge in [0.05, 0.1) is 6.54 Å². The third-order valence-corrected chi connectivity index (χ3v) is 3.41. The third-order valence-electron chi connectivity index (χ3n) is 3.41. The predicted molar refractivity (Wildman–Crippen MR) is 66.5 cm³/mol. The first-order chi connectivity index (χ1) is 9.06. The Kier molecular flexibility index (Phi) is 4.36. The molecule has 1 saturated heterocycles. The first-order valence-corrected chi connectivity index (χ1v) is 6.63. The number of amides is 3. The van der Waals surface area contributed by atoms with Crippen LogP contribution in [0.3, 0.4) is 0 Å². The minimum Gasteiger partial charge on any atom is -0.480 e. The van der Waals surface area contributed by atoms with Gasteiger partial charge in [-0.1, -0.05) is 6.42 Å². The average Bonchev–Trinajstić information content (AvgIpc) is 3.12. The molecule has 1 aliphatic carbocycles. The summed E-state index contributed by atoms with van der Waals surface area (Å²) in [5.74, 6) is -1.36. The Hall–Kier alpha value is -1.63. The number of hydrogen-bond acceptors (Lipinski definition) is 4. The third kappa shape index (κ3) is 4.20. The highest BCUT2D eigenvalue weighted by molar-refractivity contribution is 5.95. The molecule has 0 radical (unpaired) electrons. The van der Waals surface area contributed by atoms with Crippen molar-refractivity contribution in [1.29, 1.82) is 0 Å². The maximum Gasteiger partial charge on any atom is 0.321 e. The van der Waals surface area contributed by atoms with E-state index in [4.69, 9.17) is 5.11 Å². The fourth-order valence-electron chi connectivity index (χ4n) is 2.26. The number of imide groups is 1. The molecule has 0 bridgehead atoms. The molecule has 1 atom stereocenters. The minimum absolute atomic E-state index is 0.0466. The average molecular weight is 269 g/mol. The van der Waals surface area contributed by atoms with Gasteiger partial charge >= 0.3 is 12.0 Å². The van der Waals surface area contributed by atoms with Crippen LogP contribution in [0.4, 0.5) is 4.79 Å². The number of rotatable bonds is 4. The number of aliphatic carboxylic acids is 1. The fraction of sp³-hybridized carbons (Fsp3) is 0.750. The van der Waals surface area contributed by atoms with Crippen LogP contribution in [-0.4, -0.2) is 53.1 Å². The van der Waals surface area contributed by atoms with Crippen LogP contribution in [0, 0.1) is 0 Å². The van der Waals surface area contributed by atoms with E-state index in [9.17, 15) is 14.4 Å². The van der Waals surface area contributed by atoms with Crippen molar-refractivity contribution in [3.63, 3.8) is 0 Å². The van der Waals surface area contributed by atoms with E-state index in [0.717, 1.165) is 25.7 Å². The van der Waals surface area contributed by atoms with Gasteiger partial charge in [-0.25, -0.2) is 4.79 Å². The van der Waals surface area contributed by atoms with E-state index in [0.29, 0.717) is 13.0 Å². The molecule has 0 aromatic rings. The molecule has 7 nitrogen and oxygen atoms in total. The summed E-state index contributed by atoms with van der Waals surface area (Å²) < 4.78 is 0. The standard InChI is InChI=1S/C12H19N3O4/c16-10(14-12(19)13-8-4-5-8)7-15-6-2-1-3-9(15)11(17)18/h8-9H,1-7H2,(H,17,18)(H2,13,14,16,19). The Morgan fingerprint density at radius 2 is 1.89 bits per heavy atom. The number of nitrogens with one attached hydrogen (secondary N) is 2. The molecule has 0 aromatic heterocycles. The zero-order valence-electron chi connectivity index (χ0n) is 10.7. The van der Waals surface area contributed by atoms with Gasteiger partial charge in [0, 0.05) is 6.04 Å². The van der Waals surface area contributed by atoms with E-state index in [1.165, 1.54) is 0 Å². The normalized spacial score (nSPS) is 23.7. The van der Waals surface area contributed by atoms with Crippen molar-refractivity contribution in [2.75, 3.05) is 13.1 Å². The molecule has 1 saturated carbocycles. The van der Waals surface area contributed by atoms with Crippen LogP contribution in [0.15, 0.2) is 0 Å². The summed E-state index contributed by atoms with van der Waals surface area (Å²) in [7, 11) is 0. The van der Waals surface area contributed by atoms with Gasteiger partial charge in [-0.15, -0.1) is 0 Å². The molecule has 2 rings (SSSR count). The van der Waals surface area contributed by atoms with Crippen LogP contribution in [0.5, 0.6) is 0 Å². The van der Waals surface area contributed by atoms with Gasteiger partial charge in [0.15, 0.2) is 0 Å². The van der Waals surface area contributed by atoms with Crippen molar-refractivity contribution < 1.29 is 19.5 Å². The smallest absolute Gasteiger partial charge is 0.321 e. The number of nitrogens with zero attached hydrogens (tertiary/aromatic N) is 1. The first kappa shape index (κ1) is 13.8. The van der Waals surface area contributed by atoms with E-state index < -0.39 is 23.9 Å². The Bertz CT molecular complexity index is 381. The molecule has 19 heavy (non-hydrogen) atoms. The number of carbonyl (C=O) groups excluding carboxylic acids is 2. The van der Waals surface area contributed by atoms with Gasteiger partial charge in [0.25, 0.3) is 0 Å². The molecule has 1 unspecified atom stereocenters. The molecule has 2 fully saturated rings. The highest BCUT2D eigenvalue weighted by Gasteiger charge is 2.30. The van der Waals surface area contributed by atoms with E-state index in [2.05, 4.69) is 10.6 Å². The zero-order valence-corrected chi connectivity index (χ0v) is 10.7. The Labute approximate surface area is 111 Å². The molecule has 1 heterocycles. The van der Waals surface area contributed by atoms with Crippen molar-refractivity contribution in [2.24, 2.45) is 0 Å². The Morgan fingerprint density at radius 1 is 1.16 bits per heavy atom. The van der Waals surface area contributed by atoms with Crippen molar-refractivity contribution in [2.45, 2.75) is 44.2 Å². The van der Waals surface area contributed by atoms with Gasteiger partial charge < -0.3 is 10.4 Å². The minimum atomic E-state index is -0.907. The number of hydrogen-bond donors (Lipinski definition) is 3. The largest absolute Gasteiger partial charge is 0.480 e. The zero-order chi connectivity index (χ0) is 13.8. The summed E-state index contributed by atoms with van der Waals surface area (Å²) in [4.78, 5) is 35.8. The van der Waals surface area contributed by atoms with Gasteiger partial charge in [0.1, 0.15) is 6.04 Å². The molecule has 3 N–H and O–H groups in total. The van der Waals surface area contributed by atoms with Crippen LogP contribution in [0.1, 0.15) is 32.1 Å². The molecular weight excluding hydrogens is 250 g/mol. The highest BCUT2D eigenvalue weighted by atomic mass is 16.4. The molecule has 2 aliphatic rings. The second-order valence-electron chi connectivity index (χ2n) is 5.12. The number of urea groups is 1. The van der Waals surface area contributed by atoms with Crippen molar-refractivity contribution in [3.05, 3.63) is 0 Å². The SMILES string of the molecule is O=C(CN1CCCCC1C(=O)O)NC(=O)NC1CC1. The van der Waals surface area contributed by atoms with Crippen LogP contribution in [0.2, 0.25) is 0 Å². The molecule has 106 valence electrons. The quantitative estimate of drug-likeness (QED) is 0.662. The Morgan fingerprint density at radius 3 is 2.53 bits per heavy atom. The lowest BCUT2D eigenvalue weighted by atomic mass is 10.0. The number of carbonyl (C=O) groups is 3. The monoisotopic (exact) mass is 269 g/mol. The summed E-state index contributed by atoms with van der Waals surface area (Å²) in [6.45, 7) is 0.531. The van der Waals surface area contributed by atoms with E-state index in [-0.39, 0.29) is 12.6 Å². The first-order valence-electron chi connectivity index (χ1n) is 6.63. The second kappa shape index (κ2) is 6.01. The van der Waals surface area contributed by atoms with Crippen molar-refractivity contribution in [3.8, 4) is 0 Å². The lowest BCUT2D eigenvalue weighted by Crippen LogP contribution is -2.51. The second-order valence-corrected chi connectivity index (χ2v) is 5.12. The Balaban J connectivity index is 1.78. The number of piperidine rings is 1. The van der Waals surface area contributed by atoms with Crippen LogP contribution >= 0.6 is 0 Å². The molecule has 3 amide bonds. The van der Waals surface area contributed by atoms with Crippen LogP contribution in [0.25, 0.3) is 0 Å². The summed E-state index contributed by atoms with van der Waals surface area (Å²) in [5.41, 5.74) is 0.